The first-order chi connectivity index (χ1) is 7.52. The molecule has 5 nitrogen and oxygen atoms in total. The van der Waals surface area contributed by atoms with Crippen molar-refractivity contribution in [2.75, 3.05) is 27.2 Å². The number of likely N-dealkylation sites (N-methyl/N-ethyl adjacent to an activating group) is 2. The van der Waals surface area contributed by atoms with Crippen molar-refractivity contribution < 1.29 is 9.59 Å². The van der Waals surface area contributed by atoms with Crippen molar-refractivity contribution >= 4 is 11.7 Å². The molecule has 1 heterocycles. The summed E-state index contributed by atoms with van der Waals surface area (Å²) in [5.41, 5.74) is 0.672. The second-order valence-electron chi connectivity index (χ2n) is 3.83. The number of carbonyl (C=O) groups is 2. The number of rotatable bonds is 5. The molecule has 88 valence electrons. The third kappa shape index (κ3) is 3.51. The molecule has 1 N–H and O–H groups in total. The van der Waals surface area contributed by atoms with Crippen molar-refractivity contribution in [3.63, 3.8) is 0 Å². The van der Waals surface area contributed by atoms with Crippen molar-refractivity contribution in [2.45, 2.75) is 0 Å². The van der Waals surface area contributed by atoms with Gasteiger partial charge in [-0.15, -0.1) is 0 Å². The van der Waals surface area contributed by atoms with Gasteiger partial charge in [-0.3, -0.25) is 14.5 Å². The summed E-state index contributed by atoms with van der Waals surface area (Å²) >= 11 is 0. The molecular weight excluding hydrogens is 206 g/mol. The van der Waals surface area contributed by atoms with Gasteiger partial charge in [0.25, 0.3) is 0 Å². The maximum Gasteiger partial charge on any atom is 0.233 e. The van der Waals surface area contributed by atoms with Gasteiger partial charge in [-0.05, 0) is 13.1 Å². The van der Waals surface area contributed by atoms with E-state index < -0.39 is 0 Å². The van der Waals surface area contributed by atoms with Crippen molar-refractivity contribution in [2.24, 2.45) is 7.05 Å². The predicted octanol–water partition coefficient (Wildman–Crippen LogP) is -0.114. The molecule has 0 aliphatic carbocycles. The Kier molecular flexibility index (Phi) is 4.25. The number of nitrogens with zero attached hydrogens (tertiary/aromatic N) is 2. The minimum Gasteiger partial charge on any atom is -0.358 e. The van der Waals surface area contributed by atoms with Crippen LogP contribution in [0.25, 0.3) is 0 Å². The third-order valence-electron chi connectivity index (χ3n) is 2.26. The number of aromatic nitrogens is 1. The number of aryl methyl sites for hydroxylation is 1. The Labute approximate surface area is 95.0 Å². The van der Waals surface area contributed by atoms with Crippen LogP contribution in [0.3, 0.4) is 0 Å². The molecule has 0 aliphatic heterocycles. The molecule has 0 bridgehead atoms. The molecule has 1 aromatic heterocycles. The highest BCUT2D eigenvalue weighted by Crippen LogP contribution is 2.01. The fraction of sp³-hybridized carbons (Fsp3) is 0.455. The zero-order valence-electron chi connectivity index (χ0n) is 9.86. The van der Waals surface area contributed by atoms with Gasteiger partial charge in [0.05, 0.1) is 13.1 Å². The van der Waals surface area contributed by atoms with E-state index in [1.807, 2.05) is 17.8 Å². The first-order valence-corrected chi connectivity index (χ1v) is 5.07. The van der Waals surface area contributed by atoms with Gasteiger partial charge in [0.15, 0.2) is 5.78 Å². The van der Waals surface area contributed by atoms with E-state index in [0.29, 0.717) is 5.56 Å². The van der Waals surface area contributed by atoms with E-state index in [4.69, 9.17) is 0 Å². The molecular formula is C11H17N3O2. The normalized spacial score (nSPS) is 10.5. The van der Waals surface area contributed by atoms with Gasteiger partial charge in [-0.25, -0.2) is 0 Å². The predicted molar refractivity (Wildman–Crippen MR) is 61.3 cm³/mol. The van der Waals surface area contributed by atoms with Crippen LogP contribution in [0.2, 0.25) is 0 Å². The van der Waals surface area contributed by atoms with E-state index >= 15 is 0 Å². The van der Waals surface area contributed by atoms with Crippen LogP contribution in [0.15, 0.2) is 18.5 Å². The number of Topliss-reactive ketones (excluding diaryl/α,β-unsaturated/α-hetero) is 1. The molecule has 0 saturated carbocycles. The van der Waals surface area contributed by atoms with Crippen LogP contribution in [0.4, 0.5) is 0 Å². The number of carbonyl (C=O) groups excluding carboxylic acids is 2. The van der Waals surface area contributed by atoms with Gasteiger partial charge in [-0.2, -0.15) is 0 Å². The molecule has 1 rings (SSSR count). The Bertz CT molecular complexity index is 384. The average molecular weight is 223 g/mol. The van der Waals surface area contributed by atoms with Gasteiger partial charge in [0.2, 0.25) is 5.91 Å². The molecule has 0 radical (unpaired) electrons. The summed E-state index contributed by atoms with van der Waals surface area (Å²) in [6.45, 7) is 0.479. The summed E-state index contributed by atoms with van der Waals surface area (Å²) in [6, 6.07) is 1.77. The molecule has 0 aliphatic rings. The molecule has 0 fully saturated rings. The molecule has 0 saturated heterocycles. The Morgan fingerprint density at radius 2 is 2.12 bits per heavy atom. The van der Waals surface area contributed by atoms with E-state index in [9.17, 15) is 9.59 Å². The Hall–Kier alpha value is -1.62. The Balaban J connectivity index is 2.48. The number of amides is 1. The lowest BCUT2D eigenvalue weighted by molar-refractivity contribution is -0.121. The molecule has 0 aromatic carbocycles. The lowest BCUT2D eigenvalue weighted by Gasteiger charge is -2.13. The van der Waals surface area contributed by atoms with Crippen LogP contribution in [-0.2, 0) is 11.8 Å². The maximum absolute atomic E-state index is 11.8. The molecule has 5 heteroatoms. The zero-order valence-corrected chi connectivity index (χ0v) is 9.86. The molecule has 1 aromatic rings. The zero-order chi connectivity index (χ0) is 12.1. The molecule has 1 amide bonds. The van der Waals surface area contributed by atoms with Gasteiger partial charge >= 0.3 is 0 Å². The number of nitrogens with one attached hydrogen (secondary N) is 1. The quantitative estimate of drug-likeness (QED) is 0.708. The van der Waals surface area contributed by atoms with Crippen molar-refractivity contribution in [1.82, 2.24) is 14.8 Å². The fourth-order valence-electron chi connectivity index (χ4n) is 1.38. The summed E-state index contributed by atoms with van der Waals surface area (Å²) in [6.07, 6.45) is 3.60. The van der Waals surface area contributed by atoms with Crippen LogP contribution >= 0.6 is 0 Å². The van der Waals surface area contributed by atoms with Gasteiger partial charge in [0.1, 0.15) is 0 Å². The highest BCUT2D eigenvalue weighted by Gasteiger charge is 2.12. The third-order valence-corrected chi connectivity index (χ3v) is 2.26. The molecule has 0 atom stereocenters. The van der Waals surface area contributed by atoms with Crippen molar-refractivity contribution in [1.29, 1.82) is 0 Å². The smallest absolute Gasteiger partial charge is 0.233 e. The monoisotopic (exact) mass is 223 g/mol. The van der Waals surface area contributed by atoms with Crippen LogP contribution in [0.1, 0.15) is 10.4 Å². The van der Waals surface area contributed by atoms with Gasteiger partial charge in [-0.1, -0.05) is 0 Å². The van der Waals surface area contributed by atoms with E-state index in [2.05, 4.69) is 5.32 Å². The minimum atomic E-state index is -0.0941. The maximum atomic E-state index is 11.8. The average Bonchev–Trinajstić information content (AvgIpc) is 2.64. The highest BCUT2D eigenvalue weighted by molar-refractivity contribution is 5.97. The van der Waals surface area contributed by atoms with Gasteiger partial charge < -0.3 is 9.88 Å². The topological polar surface area (TPSA) is 54.3 Å². The summed E-state index contributed by atoms with van der Waals surface area (Å²) < 4.78 is 1.83. The van der Waals surface area contributed by atoms with Crippen LogP contribution < -0.4 is 5.32 Å². The fourth-order valence-corrected chi connectivity index (χ4v) is 1.38. The second kappa shape index (κ2) is 5.46. The summed E-state index contributed by atoms with van der Waals surface area (Å²) in [5.74, 6) is -0.0737. The second-order valence-corrected chi connectivity index (χ2v) is 3.83. The summed E-state index contributed by atoms with van der Waals surface area (Å²) in [7, 11) is 5.19. The van der Waals surface area contributed by atoms with Crippen LogP contribution in [0, 0.1) is 0 Å². The summed E-state index contributed by atoms with van der Waals surface area (Å²) in [4.78, 5) is 24.5. The lowest BCUT2D eigenvalue weighted by atomic mass is 10.2. The van der Waals surface area contributed by atoms with E-state index in [1.54, 1.807) is 31.3 Å². The van der Waals surface area contributed by atoms with E-state index in [-0.39, 0.29) is 24.8 Å². The highest BCUT2D eigenvalue weighted by atomic mass is 16.2. The number of hydrogen-bond acceptors (Lipinski definition) is 3. The SMILES string of the molecule is CNC(=O)CN(C)CC(=O)c1ccn(C)c1. The minimum absolute atomic E-state index is 0.0204. The van der Waals surface area contributed by atoms with Crippen molar-refractivity contribution in [3.8, 4) is 0 Å². The summed E-state index contributed by atoms with van der Waals surface area (Å²) in [5, 5.41) is 2.52. The lowest BCUT2D eigenvalue weighted by Crippen LogP contribution is -2.35. The van der Waals surface area contributed by atoms with Gasteiger partial charge in [0, 0.05) is 32.1 Å². The largest absolute Gasteiger partial charge is 0.358 e. The number of ketones is 1. The first kappa shape index (κ1) is 12.4. The molecule has 16 heavy (non-hydrogen) atoms. The Morgan fingerprint density at radius 3 is 2.62 bits per heavy atom. The van der Waals surface area contributed by atoms with Crippen molar-refractivity contribution in [3.05, 3.63) is 24.0 Å². The first-order valence-electron chi connectivity index (χ1n) is 5.07. The van der Waals surface area contributed by atoms with E-state index in [1.165, 1.54) is 0 Å². The molecule has 0 spiro atoms. The standard InChI is InChI=1S/C11H17N3O2/c1-12-11(16)8-14(3)7-10(15)9-4-5-13(2)6-9/h4-6H,7-8H2,1-3H3,(H,12,16). The molecule has 0 unspecified atom stereocenters. The van der Waals surface area contributed by atoms with Crippen LogP contribution in [-0.4, -0.2) is 48.3 Å². The van der Waals surface area contributed by atoms with E-state index in [0.717, 1.165) is 0 Å². The Morgan fingerprint density at radius 1 is 1.44 bits per heavy atom. The number of hydrogen-bond donors (Lipinski definition) is 1. The van der Waals surface area contributed by atoms with Crippen LogP contribution in [0.5, 0.6) is 0 Å².